The predicted octanol–water partition coefficient (Wildman–Crippen LogP) is 4.53. The molecular formula is C13H14ClIN2S. The van der Waals surface area contributed by atoms with Crippen LogP contribution in [0, 0.1) is 3.57 Å². The van der Waals surface area contributed by atoms with Gasteiger partial charge in [0.15, 0.2) is 5.13 Å². The summed E-state index contributed by atoms with van der Waals surface area (Å²) in [4.78, 5) is 5.68. The first kappa shape index (κ1) is 14.1. The lowest BCUT2D eigenvalue weighted by atomic mass is 10.1. The quantitative estimate of drug-likeness (QED) is 0.777. The number of hydrogen-bond acceptors (Lipinski definition) is 3. The molecule has 2 nitrogen and oxygen atoms in total. The zero-order chi connectivity index (χ0) is 13.1. The summed E-state index contributed by atoms with van der Waals surface area (Å²) >= 11 is 9.88. The van der Waals surface area contributed by atoms with E-state index in [0.717, 1.165) is 30.0 Å². The Bertz CT molecular complexity index is 554. The molecule has 2 rings (SSSR count). The molecule has 5 heteroatoms. The Labute approximate surface area is 130 Å². The average Bonchev–Trinajstić information content (AvgIpc) is 2.64. The third-order valence-electron chi connectivity index (χ3n) is 2.65. The summed E-state index contributed by atoms with van der Waals surface area (Å²) in [6, 6.07) is 6.00. The van der Waals surface area contributed by atoms with Gasteiger partial charge < -0.3 is 5.73 Å². The van der Waals surface area contributed by atoms with E-state index in [4.69, 9.17) is 17.3 Å². The molecule has 0 aliphatic carbocycles. The first-order chi connectivity index (χ1) is 8.60. The molecule has 0 amide bonds. The van der Waals surface area contributed by atoms with Crippen molar-refractivity contribution in [2.45, 2.75) is 26.2 Å². The molecule has 0 spiro atoms. The second-order valence-electron chi connectivity index (χ2n) is 4.08. The van der Waals surface area contributed by atoms with Crippen molar-refractivity contribution in [3.05, 3.63) is 42.9 Å². The number of benzene rings is 1. The highest BCUT2D eigenvalue weighted by atomic mass is 127. The maximum absolute atomic E-state index is 5.97. The first-order valence-electron chi connectivity index (χ1n) is 5.78. The second-order valence-corrected chi connectivity index (χ2v) is 6.80. The van der Waals surface area contributed by atoms with Gasteiger partial charge in [-0.05, 0) is 46.7 Å². The summed E-state index contributed by atoms with van der Waals surface area (Å²) < 4.78 is 1.19. The van der Waals surface area contributed by atoms with Crippen molar-refractivity contribution >= 4 is 50.7 Å². The number of nitrogen functional groups attached to an aromatic ring is 1. The highest BCUT2D eigenvalue weighted by molar-refractivity contribution is 14.1. The fourth-order valence-corrected chi connectivity index (χ4v) is 3.78. The lowest BCUT2D eigenvalue weighted by Gasteiger charge is -2.05. The van der Waals surface area contributed by atoms with Gasteiger partial charge in [-0.15, -0.1) is 11.3 Å². The summed E-state index contributed by atoms with van der Waals surface area (Å²) in [5, 5.41) is 1.44. The molecule has 0 saturated heterocycles. The Hall–Kier alpha value is -0.330. The Kier molecular flexibility index (Phi) is 4.86. The smallest absolute Gasteiger partial charge is 0.180 e. The van der Waals surface area contributed by atoms with Crippen LogP contribution in [0.3, 0.4) is 0 Å². The summed E-state index contributed by atoms with van der Waals surface area (Å²) in [5.41, 5.74) is 8.23. The molecule has 0 saturated carbocycles. The SMILES string of the molecule is CCCc1nc(N)sc1Cc1ccc(Cl)cc1I. The highest BCUT2D eigenvalue weighted by Gasteiger charge is 2.11. The molecule has 2 N–H and O–H groups in total. The van der Waals surface area contributed by atoms with E-state index in [0.29, 0.717) is 5.13 Å². The zero-order valence-electron chi connectivity index (χ0n) is 10.0. The number of aryl methyl sites for hydroxylation is 1. The molecule has 0 fully saturated rings. The number of aromatic nitrogens is 1. The van der Waals surface area contributed by atoms with Crippen molar-refractivity contribution < 1.29 is 0 Å². The predicted molar refractivity (Wildman–Crippen MR) is 87.5 cm³/mol. The number of thiazole rings is 1. The van der Waals surface area contributed by atoms with E-state index in [1.807, 2.05) is 12.1 Å². The van der Waals surface area contributed by atoms with Crippen LogP contribution >= 0.6 is 45.5 Å². The molecule has 1 heterocycles. The number of hydrogen-bond donors (Lipinski definition) is 1. The van der Waals surface area contributed by atoms with E-state index in [1.165, 1.54) is 14.0 Å². The van der Waals surface area contributed by atoms with Crippen LogP contribution in [0.5, 0.6) is 0 Å². The summed E-state index contributed by atoms with van der Waals surface area (Å²) in [5.74, 6) is 0. The zero-order valence-corrected chi connectivity index (χ0v) is 13.8. The van der Waals surface area contributed by atoms with Gasteiger partial charge in [0, 0.05) is 19.9 Å². The number of rotatable bonds is 4. The second kappa shape index (κ2) is 6.21. The molecule has 0 radical (unpaired) electrons. The Morgan fingerprint density at radius 2 is 2.22 bits per heavy atom. The van der Waals surface area contributed by atoms with Crippen molar-refractivity contribution in [3.8, 4) is 0 Å². The molecule has 0 aliphatic heterocycles. The molecular weight excluding hydrogens is 379 g/mol. The van der Waals surface area contributed by atoms with Gasteiger partial charge in [0.05, 0.1) is 5.69 Å². The maximum atomic E-state index is 5.97. The molecule has 96 valence electrons. The number of anilines is 1. The molecule has 18 heavy (non-hydrogen) atoms. The molecule has 1 aromatic heterocycles. The van der Waals surface area contributed by atoms with Crippen LogP contribution in [-0.4, -0.2) is 4.98 Å². The minimum Gasteiger partial charge on any atom is -0.375 e. The van der Waals surface area contributed by atoms with Crippen LogP contribution < -0.4 is 5.73 Å². The van der Waals surface area contributed by atoms with E-state index >= 15 is 0 Å². The van der Waals surface area contributed by atoms with Crippen LogP contribution in [0.25, 0.3) is 0 Å². The summed E-state index contributed by atoms with van der Waals surface area (Å²) in [6.45, 7) is 2.16. The molecule has 0 unspecified atom stereocenters. The number of halogens is 2. The first-order valence-corrected chi connectivity index (χ1v) is 8.05. The van der Waals surface area contributed by atoms with Crippen molar-refractivity contribution in [3.63, 3.8) is 0 Å². The minimum absolute atomic E-state index is 0.664. The molecule has 0 bridgehead atoms. The fraction of sp³-hybridized carbons (Fsp3) is 0.308. The van der Waals surface area contributed by atoms with Gasteiger partial charge in [-0.1, -0.05) is 31.0 Å². The molecule has 0 aliphatic rings. The van der Waals surface area contributed by atoms with E-state index in [2.05, 4.69) is 40.6 Å². The maximum Gasteiger partial charge on any atom is 0.180 e. The van der Waals surface area contributed by atoms with Gasteiger partial charge in [-0.25, -0.2) is 4.98 Å². The van der Waals surface area contributed by atoms with Crippen molar-refractivity contribution in [2.24, 2.45) is 0 Å². The van der Waals surface area contributed by atoms with Crippen LogP contribution in [0.2, 0.25) is 5.02 Å². The van der Waals surface area contributed by atoms with Gasteiger partial charge in [-0.2, -0.15) is 0 Å². The molecule has 1 aromatic carbocycles. The third-order valence-corrected chi connectivity index (χ3v) is 4.81. The van der Waals surface area contributed by atoms with Crippen LogP contribution in [0.1, 0.15) is 29.5 Å². The highest BCUT2D eigenvalue weighted by Crippen LogP contribution is 2.27. The van der Waals surface area contributed by atoms with Gasteiger partial charge in [-0.3, -0.25) is 0 Å². The largest absolute Gasteiger partial charge is 0.375 e. The minimum atomic E-state index is 0.664. The van der Waals surface area contributed by atoms with E-state index in [1.54, 1.807) is 11.3 Å². The van der Waals surface area contributed by atoms with Crippen LogP contribution in [-0.2, 0) is 12.8 Å². The van der Waals surface area contributed by atoms with Gasteiger partial charge in [0.25, 0.3) is 0 Å². The van der Waals surface area contributed by atoms with Gasteiger partial charge in [0.2, 0.25) is 0 Å². The average molecular weight is 393 g/mol. The third kappa shape index (κ3) is 3.36. The summed E-state index contributed by atoms with van der Waals surface area (Å²) in [6.07, 6.45) is 2.97. The number of nitrogens with two attached hydrogens (primary N) is 1. The fourth-order valence-electron chi connectivity index (χ4n) is 1.81. The summed E-state index contributed by atoms with van der Waals surface area (Å²) in [7, 11) is 0. The van der Waals surface area contributed by atoms with Crippen molar-refractivity contribution in [1.82, 2.24) is 4.98 Å². The monoisotopic (exact) mass is 392 g/mol. The topological polar surface area (TPSA) is 38.9 Å². The normalized spacial score (nSPS) is 10.8. The van der Waals surface area contributed by atoms with E-state index in [9.17, 15) is 0 Å². The molecule has 2 aromatic rings. The van der Waals surface area contributed by atoms with Gasteiger partial charge >= 0.3 is 0 Å². The van der Waals surface area contributed by atoms with Crippen molar-refractivity contribution in [1.29, 1.82) is 0 Å². The van der Waals surface area contributed by atoms with Crippen molar-refractivity contribution in [2.75, 3.05) is 5.73 Å². The Balaban J connectivity index is 2.27. The Morgan fingerprint density at radius 3 is 2.89 bits per heavy atom. The van der Waals surface area contributed by atoms with Crippen LogP contribution in [0.15, 0.2) is 18.2 Å². The number of nitrogens with zero attached hydrogens (tertiary/aromatic N) is 1. The lowest BCUT2D eigenvalue weighted by Crippen LogP contribution is -1.95. The van der Waals surface area contributed by atoms with Crippen LogP contribution in [0.4, 0.5) is 5.13 Å². The van der Waals surface area contributed by atoms with E-state index < -0.39 is 0 Å². The standard InChI is InChI=1S/C13H14ClIN2S/c1-2-3-11-12(18-13(16)17-11)6-8-4-5-9(14)7-10(8)15/h4-5,7H,2-3,6H2,1H3,(H2,16,17). The molecule has 0 atom stereocenters. The Morgan fingerprint density at radius 1 is 1.44 bits per heavy atom. The van der Waals surface area contributed by atoms with Gasteiger partial charge in [0.1, 0.15) is 0 Å². The lowest BCUT2D eigenvalue weighted by molar-refractivity contribution is 0.879. The van der Waals surface area contributed by atoms with E-state index in [-0.39, 0.29) is 0 Å².